The van der Waals surface area contributed by atoms with Gasteiger partial charge in [-0.3, -0.25) is 4.79 Å². The van der Waals surface area contributed by atoms with Crippen LogP contribution in [0.25, 0.3) is 0 Å². The summed E-state index contributed by atoms with van der Waals surface area (Å²) in [6.45, 7) is 5.88. The first-order valence-corrected chi connectivity index (χ1v) is 5.15. The second kappa shape index (κ2) is 3.42. The van der Waals surface area contributed by atoms with Crippen molar-refractivity contribution in [2.75, 3.05) is 7.11 Å². The molecule has 0 bridgehead atoms. The standard InChI is InChI=1S/C10H14Cl2O2/c1-9(2)6(5-7(11)12)10(9,3)8(13)14-4/h5-6H,1-4H3. The van der Waals surface area contributed by atoms with Gasteiger partial charge in [0.2, 0.25) is 0 Å². The Hall–Kier alpha value is -0.210. The van der Waals surface area contributed by atoms with Gasteiger partial charge >= 0.3 is 5.97 Å². The molecule has 14 heavy (non-hydrogen) atoms. The third kappa shape index (κ3) is 1.45. The van der Waals surface area contributed by atoms with Gasteiger partial charge in [-0.05, 0) is 18.4 Å². The van der Waals surface area contributed by atoms with E-state index >= 15 is 0 Å². The van der Waals surface area contributed by atoms with Gasteiger partial charge in [-0.2, -0.15) is 0 Å². The Balaban J connectivity index is 2.94. The van der Waals surface area contributed by atoms with Gasteiger partial charge in [-0.15, -0.1) is 0 Å². The summed E-state index contributed by atoms with van der Waals surface area (Å²) in [5, 5.41) is 0. The average Bonchev–Trinajstić information content (AvgIpc) is 2.49. The maximum atomic E-state index is 11.6. The molecule has 1 fully saturated rings. The zero-order chi connectivity index (χ0) is 11.1. The normalized spacial score (nSPS) is 33.4. The molecule has 0 N–H and O–H groups in total. The Kier molecular flexibility index (Phi) is 2.90. The van der Waals surface area contributed by atoms with Crippen molar-refractivity contribution < 1.29 is 9.53 Å². The molecule has 0 saturated heterocycles. The van der Waals surface area contributed by atoms with Crippen molar-refractivity contribution in [3.8, 4) is 0 Å². The third-order valence-electron chi connectivity index (χ3n) is 3.56. The summed E-state index contributed by atoms with van der Waals surface area (Å²) in [4.78, 5) is 11.6. The van der Waals surface area contributed by atoms with Crippen LogP contribution < -0.4 is 0 Å². The van der Waals surface area contributed by atoms with Gasteiger partial charge in [0.05, 0.1) is 12.5 Å². The summed E-state index contributed by atoms with van der Waals surface area (Å²) in [7, 11) is 1.39. The fourth-order valence-electron chi connectivity index (χ4n) is 2.13. The molecule has 0 amide bonds. The molecule has 1 aliphatic rings. The van der Waals surface area contributed by atoms with Crippen molar-refractivity contribution in [1.29, 1.82) is 0 Å². The summed E-state index contributed by atoms with van der Waals surface area (Å²) < 4.78 is 4.97. The van der Waals surface area contributed by atoms with Gasteiger partial charge in [0.1, 0.15) is 4.49 Å². The van der Waals surface area contributed by atoms with E-state index in [1.54, 1.807) is 6.08 Å². The number of allylic oxidation sites excluding steroid dienone is 1. The Bertz CT molecular complexity index is 292. The highest BCUT2D eigenvalue weighted by molar-refractivity contribution is 6.55. The van der Waals surface area contributed by atoms with E-state index in [0.29, 0.717) is 0 Å². The summed E-state index contributed by atoms with van der Waals surface area (Å²) in [6.07, 6.45) is 1.71. The Morgan fingerprint density at radius 3 is 2.21 bits per heavy atom. The molecular formula is C10H14Cl2O2. The van der Waals surface area contributed by atoms with Crippen LogP contribution in [0.5, 0.6) is 0 Å². The smallest absolute Gasteiger partial charge is 0.312 e. The number of methoxy groups -OCH3 is 1. The Morgan fingerprint density at radius 1 is 1.36 bits per heavy atom. The van der Waals surface area contributed by atoms with Crippen LogP contribution in [0.2, 0.25) is 0 Å². The number of esters is 1. The first-order chi connectivity index (χ1) is 6.28. The topological polar surface area (TPSA) is 26.3 Å². The largest absolute Gasteiger partial charge is 0.469 e. The van der Waals surface area contributed by atoms with Gasteiger partial charge in [-0.25, -0.2) is 0 Å². The summed E-state index contributed by atoms with van der Waals surface area (Å²) >= 11 is 11.2. The Labute approximate surface area is 94.2 Å². The number of hydrogen-bond acceptors (Lipinski definition) is 2. The highest BCUT2D eigenvalue weighted by Crippen LogP contribution is 2.70. The first-order valence-electron chi connectivity index (χ1n) is 4.39. The van der Waals surface area contributed by atoms with Crippen molar-refractivity contribution in [3.05, 3.63) is 10.6 Å². The molecule has 4 heteroatoms. The predicted octanol–water partition coefficient (Wildman–Crippen LogP) is 3.14. The number of carbonyl (C=O) groups is 1. The van der Waals surface area contributed by atoms with E-state index in [-0.39, 0.29) is 21.8 Å². The molecule has 1 rings (SSSR count). The van der Waals surface area contributed by atoms with Crippen molar-refractivity contribution in [1.82, 2.24) is 0 Å². The second-order valence-electron chi connectivity index (χ2n) is 4.35. The van der Waals surface area contributed by atoms with Crippen LogP contribution in [0.1, 0.15) is 20.8 Å². The molecule has 2 atom stereocenters. The molecule has 2 unspecified atom stereocenters. The third-order valence-corrected chi connectivity index (χ3v) is 3.81. The van der Waals surface area contributed by atoms with Crippen LogP contribution in [0, 0.1) is 16.7 Å². The minimum atomic E-state index is -0.503. The van der Waals surface area contributed by atoms with Crippen molar-refractivity contribution in [3.63, 3.8) is 0 Å². The van der Waals surface area contributed by atoms with E-state index in [4.69, 9.17) is 27.9 Å². The molecule has 80 valence electrons. The molecule has 0 spiro atoms. The second-order valence-corrected chi connectivity index (χ2v) is 5.36. The zero-order valence-electron chi connectivity index (χ0n) is 8.73. The van der Waals surface area contributed by atoms with Crippen LogP contribution in [0.15, 0.2) is 10.6 Å². The number of rotatable bonds is 2. The highest BCUT2D eigenvalue weighted by Gasteiger charge is 2.72. The van der Waals surface area contributed by atoms with Gasteiger partial charge < -0.3 is 4.74 Å². The molecule has 0 heterocycles. The molecule has 0 aliphatic heterocycles. The van der Waals surface area contributed by atoms with Crippen LogP contribution in [0.4, 0.5) is 0 Å². The van der Waals surface area contributed by atoms with Gasteiger partial charge in [0, 0.05) is 5.92 Å². The molecule has 1 aliphatic carbocycles. The quantitative estimate of drug-likeness (QED) is 0.689. The van der Waals surface area contributed by atoms with E-state index in [1.807, 2.05) is 20.8 Å². The van der Waals surface area contributed by atoms with Crippen molar-refractivity contribution in [2.24, 2.45) is 16.7 Å². The van der Waals surface area contributed by atoms with Gasteiger partial charge in [0.15, 0.2) is 0 Å². The van der Waals surface area contributed by atoms with Crippen LogP contribution in [-0.2, 0) is 9.53 Å². The van der Waals surface area contributed by atoms with Crippen LogP contribution in [-0.4, -0.2) is 13.1 Å². The van der Waals surface area contributed by atoms with Gasteiger partial charge in [-0.1, -0.05) is 37.0 Å². The van der Waals surface area contributed by atoms with E-state index in [2.05, 4.69) is 0 Å². The lowest BCUT2D eigenvalue weighted by molar-refractivity contribution is -0.148. The number of hydrogen-bond donors (Lipinski definition) is 0. The maximum absolute atomic E-state index is 11.6. The molecule has 0 aromatic rings. The van der Waals surface area contributed by atoms with Crippen LogP contribution in [0.3, 0.4) is 0 Å². The van der Waals surface area contributed by atoms with E-state index in [9.17, 15) is 4.79 Å². The fraction of sp³-hybridized carbons (Fsp3) is 0.700. The molecule has 1 saturated carbocycles. The number of ether oxygens (including phenoxy) is 1. The number of carbonyl (C=O) groups excluding carboxylic acids is 1. The average molecular weight is 237 g/mol. The monoisotopic (exact) mass is 236 g/mol. The van der Waals surface area contributed by atoms with E-state index < -0.39 is 5.41 Å². The molecular weight excluding hydrogens is 223 g/mol. The lowest BCUT2D eigenvalue weighted by Crippen LogP contribution is -2.19. The minimum absolute atomic E-state index is 0.0486. The Morgan fingerprint density at radius 2 is 1.86 bits per heavy atom. The maximum Gasteiger partial charge on any atom is 0.312 e. The summed E-state index contributed by atoms with van der Waals surface area (Å²) in [6, 6.07) is 0. The molecule has 0 aromatic carbocycles. The van der Waals surface area contributed by atoms with E-state index in [1.165, 1.54) is 7.11 Å². The predicted molar refractivity (Wildman–Crippen MR) is 57.2 cm³/mol. The lowest BCUT2D eigenvalue weighted by atomic mass is 9.99. The summed E-state index contributed by atoms with van der Waals surface area (Å²) in [5.41, 5.74) is -0.647. The lowest BCUT2D eigenvalue weighted by Gasteiger charge is -2.10. The van der Waals surface area contributed by atoms with E-state index in [0.717, 1.165) is 0 Å². The van der Waals surface area contributed by atoms with Gasteiger partial charge in [0.25, 0.3) is 0 Å². The zero-order valence-corrected chi connectivity index (χ0v) is 10.2. The first kappa shape index (κ1) is 11.9. The SMILES string of the molecule is COC(=O)C1(C)C(C=C(Cl)Cl)C1(C)C. The fourth-order valence-corrected chi connectivity index (χ4v) is 2.38. The minimum Gasteiger partial charge on any atom is -0.469 e. The molecule has 0 radical (unpaired) electrons. The highest BCUT2D eigenvalue weighted by atomic mass is 35.5. The van der Waals surface area contributed by atoms with Crippen molar-refractivity contribution >= 4 is 29.2 Å². The van der Waals surface area contributed by atoms with Crippen molar-refractivity contribution in [2.45, 2.75) is 20.8 Å². The summed E-state index contributed by atoms with van der Waals surface area (Å²) in [5.74, 6) is -0.161. The molecule has 2 nitrogen and oxygen atoms in total. The number of halogens is 2. The van der Waals surface area contributed by atoms with Crippen LogP contribution >= 0.6 is 23.2 Å². The molecule has 0 aromatic heterocycles.